The van der Waals surface area contributed by atoms with E-state index < -0.39 is 0 Å². The van der Waals surface area contributed by atoms with Crippen LogP contribution in [0.3, 0.4) is 0 Å². The number of allylic oxidation sites excluding steroid dienone is 2. The molecule has 0 bridgehead atoms. The highest BCUT2D eigenvalue weighted by molar-refractivity contribution is 6.07. The van der Waals surface area contributed by atoms with E-state index in [0.717, 1.165) is 56.6 Å². The molecule has 1 saturated heterocycles. The van der Waals surface area contributed by atoms with Crippen molar-refractivity contribution < 1.29 is 14.3 Å². The maximum atomic E-state index is 13.6. The van der Waals surface area contributed by atoms with Crippen molar-refractivity contribution in [3.63, 3.8) is 0 Å². The number of benzene rings is 1. The molecule has 0 spiro atoms. The molecule has 3 aliphatic rings. The van der Waals surface area contributed by atoms with Gasteiger partial charge < -0.3 is 9.47 Å². The van der Waals surface area contributed by atoms with Crippen molar-refractivity contribution in [2.45, 2.75) is 38.3 Å². The molecule has 2 atom stereocenters. The normalized spacial score (nSPS) is 22.1. The predicted molar refractivity (Wildman–Crippen MR) is 145 cm³/mol. The number of pyridine rings is 1. The standard InChI is InChI=1S/C27H32N4O3.2ClH/c1-33-24-10-9-20(16-25(24)34-2)26-22-7-3-4-8-23(22)27(32)31(29-26)21-11-14-30(15-12-21)18-19-6-5-13-28-17-19;;/h3-6,9-10,13,16-17,21-23H,7-8,11-12,14-15,18H2,1-2H3;2*1H/t22-,23+;;/m0../s1. The summed E-state index contributed by atoms with van der Waals surface area (Å²) in [6.07, 6.45) is 11.5. The van der Waals surface area contributed by atoms with E-state index in [-0.39, 0.29) is 48.6 Å². The number of hydrazone groups is 1. The fourth-order valence-corrected chi connectivity index (χ4v) is 5.40. The van der Waals surface area contributed by atoms with Crippen LogP contribution in [-0.4, -0.2) is 59.9 Å². The molecule has 3 heterocycles. The number of hydrogen-bond acceptors (Lipinski definition) is 6. The van der Waals surface area contributed by atoms with Crippen LogP contribution in [0.5, 0.6) is 11.5 Å². The lowest BCUT2D eigenvalue weighted by molar-refractivity contribution is -0.141. The minimum atomic E-state index is -0.0565. The molecule has 1 aromatic carbocycles. The zero-order valence-corrected chi connectivity index (χ0v) is 22.3. The number of carbonyl (C=O) groups excluding carboxylic acids is 1. The van der Waals surface area contributed by atoms with Crippen LogP contribution in [0, 0.1) is 11.8 Å². The van der Waals surface area contributed by atoms with E-state index in [0.29, 0.717) is 11.5 Å². The highest BCUT2D eigenvalue weighted by atomic mass is 35.5. The summed E-state index contributed by atoms with van der Waals surface area (Å²) in [7, 11) is 3.28. The number of fused-ring (bicyclic) bond motifs is 1. The van der Waals surface area contributed by atoms with Crippen LogP contribution in [0.15, 0.2) is 60.0 Å². The summed E-state index contributed by atoms with van der Waals surface area (Å²) in [5, 5.41) is 6.84. The Morgan fingerprint density at radius 2 is 1.69 bits per heavy atom. The predicted octanol–water partition coefficient (Wildman–Crippen LogP) is 4.74. The number of piperidine rings is 1. The lowest BCUT2D eigenvalue weighted by Gasteiger charge is -2.42. The molecule has 2 aliphatic heterocycles. The molecule has 9 heteroatoms. The zero-order valence-electron chi connectivity index (χ0n) is 20.7. The van der Waals surface area contributed by atoms with Crippen LogP contribution < -0.4 is 9.47 Å². The minimum Gasteiger partial charge on any atom is -0.493 e. The Labute approximate surface area is 225 Å². The van der Waals surface area contributed by atoms with Gasteiger partial charge in [0.1, 0.15) is 0 Å². The van der Waals surface area contributed by atoms with Crippen LogP contribution in [0.4, 0.5) is 0 Å². The number of likely N-dealkylation sites (tertiary alicyclic amines) is 1. The second-order valence-corrected chi connectivity index (χ2v) is 9.26. The van der Waals surface area contributed by atoms with Gasteiger partial charge in [-0.05, 0) is 55.5 Å². The molecule has 0 radical (unpaired) electrons. The summed E-state index contributed by atoms with van der Waals surface area (Å²) in [5.41, 5.74) is 3.20. The first-order valence-corrected chi connectivity index (χ1v) is 12.1. The van der Waals surface area contributed by atoms with E-state index in [1.165, 1.54) is 5.56 Å². The summed E-state index contributed by atoms with van der Waals surface area (Å²) in [4.78, 5) is 20.2. The molecule has 5 rings (SSSR count). The van der Waals surface area contributed by atoms with Crippen LogP contribution in [0.2, 0.25) is 0 Å². The summed E-state index contributed by atoms with van der Waals surface area (Å²) in [5.74, 6) is 1.58. The van der Waals surface area contributed by atoms with E-state index in [2.05, 4.69) is 28.1 Å². The van der Waals surface area contributed by atoms with Crippen molar-refractivity contribution in [3.05, 3.63) is 66.0 Å². The van der Waals surface area contributed by atoms with E-state index in [1.54, 1.807) is 20.4 Å². The number of nitrogens with zero attached hydrogens (tertiary/aromatic N) is 4. The van der Waals surface area contributed by atoms with Gasteiger partial charge in [-0.25, -0.2) is 5.01 Å². The molecule has 1 aromatic heterocycles. The maximum Gasteiger partial charge on any atom is 0.247 e. The van der Waals surface area contributed by atoms with Gasteiger partial charge in [0.05, 0.1) is 31.9 Å². The average molecular weight is 534 g/mol. The largest absolute Gasteiger partial charge is 0.493 e. The van der Waals surface area contributed by atoms with Gasteiger partial charge in [-0.2, -0.15) is 5.10 Å². The Bertz CT molecular complexity index is 1090. The molecule has 7 nitrogen and oxygen atoms in total. The number of rotatable bonds is 6. The number of methoxy groups -OCH3 is 2. The molecule has 0 saturated carbocycles. The molecule has 194 valence electrons. The van der Waals surface area contributed by atoms with E-state index in [1.807, 2.05) is 35.5 Å². The number of hydrogen-bond donors (Lipinski definition) is 0. The summed E-state index contributed by atoms with van der Waals surface area (Å²) in [6, 6.07) is 10.1. The van der Waals surface area contributed by atoms with Gasteiger partial charge in [0.2, 0.25) is 5.91 Å². The maximum absolute atomic E-state index is 13.6. The van der Waals surface area contributed by atoms with Crippen molar-refractivity contribution in [1.29, 1.82) is 0 Å². The number of amides is 1. The molecule has 36 heavy (non-hydrogen) atoms. The molecular formula is C27H34Cl2N4O3. The number of aromatic nitrogens is 1. The first kappa shape index (κ1) is 28.0. The third kappa shape index (κ3) is 5.69. The molecule has 2 aromatic rings. The van der Waals surface area contributed by atoms with Gasteiger partial charge in [-0.3, -0.25) is 14.7 Å². The Balaban J connectivity index is 0.00000180. The Hall–Kier alpha value is -2.61. The lowest BCUT2D eigenvalue weighted by Crippen LogP contribution is -2.52. The highest BCUT2D eigenvalue weighted by Gasteiger charge is 2.42. The van der Waals surface area contributed by atoms with Gasteiger partial charge in [0.15, 0.2) is 11.5 Å². The van der Waals surface area contributed by atoms with Gasteiger partial charge in [-0.15, -0.1) is 24.8 Å². The van der Waals surface area contributed by atoms with Gasteiger partial charge in [0, 0.05) is 43.5 Å². The minimum absolute atomic E-state index is 0. The highest BCUT2D eigenvalue weighted by Crippen LogP contribution is 2.38. The van der Waals surface area contributed by atoms with Crippen molar-refractivity contribution in [3.8, 4) is 11.5 Å². The first-order chi connectivity index (χ1) is 16.7. The molecule has 1 amide bonds. The summed E-state index contributed by atoms with van der Waals surface area (Å²) >= 11 is 0. The lowest BCUT2D eigenvalue weighted by atomic mass is 9.76. The first-order valence-electron chi connectivity index (χ1n) is 12.1. The quantitative estimate of drug-likeness (QED) is 0.502. The topological polar surface area (TPSA) is 67.3 Å². The Kier molecular flexibility index (Phi) is 9.77. The molecule has 1 aliphatic carbocycles. The van der Waals surface area contributed by atoms with E-state index in [4.69, 9.17) is 14.6 Å². The number of carbonyl (C=O) groups is 1. The SMILES string of the molecule is COc1ccc(C2=NN(C3CCN(Cc4cccnc4)CC3)C(=O)[C@@H]3CC=CC[C@H]23)cc1OC.Cl.Cl. The number of halogens is 2. The summed E-state index contributed by atoms with van der Waals surface area (Å²) in [6.45, 7) is 2.78. The van der Waals surface area contributed by atoms with Crippen LogP contribution in [0.25, 0.3) is 0 Å². The zero-order chi connectivity index (χ0) is 23.5. The molecular weight excluding hydrogens is 499 g/mol. The van der Waals surface area contributed by atoms with Crippen molar-refractivity contribution >= 4 is 36.4 Å². The van der Waals surface area contributed by atoms with Gasteiger partial charge in [0.25, 0.3) is 0 Å². The molecule has 0 N–H and O–H groups in total. The Morgan fingerprint density at radius 1 is 0.972 bits per heavy atom. The average Bonchev–Trinajstić information content (AvgIpc) is 2.90. The molecule has 0 unspecified atom stereocenters. The second-order valence-electron chi connectivity index (χ2n) is 9.26. The fourth-order valence-electron chi connectivity index (χ4n) is 5.40. The van der Waals surface area contributed by atoms with Crippen molar-refractivity contribution in [2.24, 2.45) is 16.9 Å². The fraction of sp³-hybridized carbons (Fsp3) is 0.444. The van der Waals surface area contributed by atoms with Crippen LogP contribution >= 0.6 is 24.8 Å². The van der Waals surface area contributed by atoms with Crippen LogP contribution in [0.1, 0.15) is 36.8 Å². The van der Waals surface area contributed by atoms with Crippen LogP contribution in [-0.2, 0) is 11.3 Å². The summed E-state index contributed by atoms with van der Waals surface area (Å²) < 4.78 is 11.0. The molecule has 1 fully saturated rings. The van der Waals surface area contributed by atoms with E-state index in [9.17, 15) is 4.79 Å². The monoisotopic (exact) mass is 532 g/mol. The second kappa shape index (κ2) is 12.6. The number of ether oxygens (including phenoxy) is 2. The third-order valence-electron chi connectivity index (χ3n) is 7.25. The van der Waals surface area contributed by atoms with E-state index >= 15 is 0 Å². The van der Waals surface area contributed by atoms with Crippen molar-refractivity contribution in [1.82, 2.24) is 14.9 Å². The van der Waals surface area contributed by atoms with Crippen molar-refractivity contribution in [2.75, 3.05) is 27.3 Å². The Morgan fingerprint density at radius 3 is 2.36 bits per heavy atom. The third-order valence-corrected chi connectivity index (χ3v) is 7.25. The van der Waals surface area contributed by atoms with Gasteiger partial charge >= 0.3 is 0 Å². The smallest absolute Gasteiger partial charge is 0.247 e. The van der Waals surface area contributed by atoms with Gasteiger partial charge in [-0.1, -0.05) is 18.2 Å².